The van der Waals surface area contributed by atoms with Crippen LogP contribution in [0.4, 0.5) is 0 Å². The van der Waals surface area contributed by atoms with Crippen molar-refractivity contribution in [1.29, 1.82) is 0 Å². The lowest BCUT2D eigenvalue weighted by Gasteiger charge is -2.38. The third-order valence-electron chi connectivity index (χ3n) is 5.58. The van der Waals surface area contributed by atoms with E-state index in [1.54, 1.807) is 0 Å². The summed E-state index contributed by atoms with van der Waals surface area (Å²) in [5, 5.41) is 10.6. The molecule has 0 aromatic heterocycles. The number of aromatic hydroxyl groups is 1. The summed E-state index contributed by atoms with van der Waals surface area (Å²) >= 11 is 6.15. The minimum absolute atomic E-state index is 0.136. The summed E-state index contributed by atoms with van der Waals surface area (Å²) in [6.07, 6.45) is 3.93. The first-order chi connectivity index (χ1) is 11.6. The molecule has 24 heavy (non-hydrogen) atoms. The number of aldehydes is 1. The number of likely N-dealkylation sites (N-methyl/N-ethyl adjacent to an activating group) is 1. The van der Waals surface area contributed by atoms with Gasteiger partial charge in [-0.15, -0.1) is 0 Å². The molecule has 1 heterocycles. The minimum atomic E-state index is 0.136. The molecule has 4 heteroatoms. The summed E-state index contributed by atoms with van der Waals surface area (Å²) in [7, 11) is 2.17. The lowest BCUT2D eigenvalue weighted by atomic mass is 9.74. The summed E-state index contributed by atoms with van der Waals surface area (Å²) in [6.45, 7) is 0.970. The van der Waals surface area contributed by atoms with Gasteiger partial charge in [0.15, 0.2) is 0 Å². The van der Waals surface area contributed by atoms with Crippen LogP contribution in [0.5, 0.6) is 5.75 Å². The summed E-state index contributed by atoms with van der Waals surface area (Å²) in [5.74, 6) is 0.303. The van der Waals surface area contributed by atoms with E-state index in [1.165, 1.54) is 16.7 Å². The molecule has 0 radical (unpaired) electrons. The molecule has 0 saturated heterocycles. The molecule has 2 aliphatic rings. The molecule has 124 valence electrons. The standard InChI is InChI=1S/C20H20ClNO2/c1-22-7-6-14-9-17(21)19(24)10-16(14)20-15-8-12(11-23)2-3-13(15)4-5-18(20)22/h2-3,8-11,18,20,24H,4-7H2,1H3/t18-,20?/m0/s1. The molecule has 4 rings (SSSR count). The van der Waals surface area contributed by atoms with Gasteiger partial charge < -0.3 is 10.0 Å². The zero-order valence-corrected chi connectivity index (χ0v) is 14.4. The van der Waals surface area contributed by atoms with Gasteiger partial charge in [0.1, 0.15) is 12.0 Å². The topological polar surface area (TPSA) is 40.5 Å². The molecular formula is C20H20ClNO2. The van der Waals surface area contributed by atoms with Crippen molar-refractivity contribution in [1.82, 2.24) is 4.90 Å². The lowest BCUT2D eigenvalue weighted by molar-refractivity contribution is 0.112. The Hall–Kier alpha value is -1.84. The van der Waals surface area contributed by atoms with Crippen LogP contribution in [0.15, 0.2) is 30.3 Å². The number of hydrogen-bond donors (Lipinski definition) is 1. The molecule has 1 aliphatic heterocycles. The predicted molar refractivity (Wildman–Crippen MR) is 95.2 cm³/mol. The fraction of sp³-hybridized carbons (Fsp3) is 0.350. The molecule has 1 N–H and O–H groups in total. The molecule has 0 amide bonds. The number of phenols is 1. The van der Waals surface area contributed by atoms with Gasteiger partial charge >= 0.3 is 0 Å². The normalized spacial score (nSPS) is 22.9. The number of phenolic OH excluding ortho intramolecular Hbond substituents is 1. The van der Waals surface area contributed by atoms with Gasteiger partial charge in [0.25, 0.3) is 0 Å². The summed E-state index contributed by atoms with van der Waals surface area (Å²) < 4.78 is 0. The van der Waals surface area contributed by atoms with E-state index in [1.807, 2.05) is 24.3 Å². The quantitative estimate of drug-likeness (QED) is 0.802. The van der Waals surface area contributed by atoms with Gasteiger partial charge in [-0.2, -0.15) is 0 Å². The third kappa shape index (κ3) is 2.43. The SMILES string of the molecule is CN1CCc2cc(Cl)c(O)cc2C2c3cc(C=O)ccc3CC[C@@H]21. The fourth-order valence-corrected chi connectivity index (χ4v) is 4.50. The van der Waals surface area contributed by atoms with Gasteiger partial charge in [-0.05, 0) is 66.8 Å². The molecule has 0 fully saturated rings. The predicted octanol–water partition coefficient (Wildman–Crippen LogP) is 3.79. The number of carbonyl (C=O) groups is 1. The van der Waals surface area contributed by atoms with Crippen molar-refractivity contribution in [3.8, 4) is 5.75 Å². The monoisotopic (exact) mass is 341 g/mol. The fourth-order valence-electron chi connectivity index (χ4n) is 4.32. The van der Waals surface area contributed by atoms with Crippen molar-refractivity contribution in [3.05, 3.63) is 63.2 Å². The zero-order valence-electron chi connectivity index (χ0n) is 13.6. The Morgan fingerprint density at radius 1 is 1.17 bits per heavy atom. The number of benzene rings is 2. The van der Waals surface area contributed by atoms with Gasteiger partial charge in [-0.25, -0.2) is 0 Å². The molecular weight excluding hydrogens is 322 g/mol. The van der Waals surface area contributed by atoms with Gasteiger partial charge in [0.05, 0.1) is 5.02 Å². The first-order valence-electron chi connectivity index (χ1n) is 8.38. The van der Waals surface area contributed by atoms with Crippen LogP contribution < -0.4 is 0 Å². The molecule has 0 saturated carbocycles. The highest BCUT2D eigenvalue weighted by Crippen LogP contribution is 2.44. The number of hydrogen-bond acceptors (Lipinski definition) is 3. The molecule has 0 spiro atoms. The van der Waals surface area contributed by atoms with Crippen LogP contribution >= 0.6 is 11.6 Å². The van der Waals surface area contributed by atoms with Crippen LogP contribution in [0, 0.1) is 0 Å². The largest absolute Gasteiger partial charge is 0.506 e. The Bertz CT molecular complexity index is 818. The Kier molecular flexibility index (Phi) is 3.86. The Labute approximate surface area is 146 Å². The number of rotatable bonds is 1. The third-order valence-corrected chi connectivity index (χ3v) is 5.88. The summed E-state index contributed by atoms with van der Waals surface area (Å²) in [4.78, 5) is 13.7. The minimum Gasteiger partial charge on any atom is -0.506 e. The lowest BCUT2D eigenvalue weighted by Crippen LogP contribution is -2.39. The second kappa shape index (κ2) is 5.91. The van der Waals surface area contributed by atoms with Crippen molar-refractivity contribution < 1.29 is 9.90 Å². The van der Waals surface area contributed by atoms with Crippen molar-refractivity contribution in [2.45, 2.75) is 31.2 Å². The maximum absolute atomic E-state index is 11.3. The van der Waals surface area contributed by atoms with E-state index in [0.717, 1.165) is 37.7 Å². The maximum Gasteiger partial charge on any atom is 0.150 e. The molecule has 0 bridgehead atoms. The first-order valence-corrected chi connectivity index (χ1v) is 8.76. The van der Waals surface area contributed by atoms with E-state index < -0.39 is 0 Å². The van der Waals surface area contributed by atoms with Crippen LogP contribution in [-0.2, 0) is 12.8 Å². The highest BCUT2D eigenvalue weighted by atomic mass is 35.5. The maximum atomic E-state index is 11.3. The Balaban J connectivity index is 1.95. The molecule has 3 nitrogen and oxygen atoms in total. The average molecular weight is 342 g/mol. The van der Waals surface area contributed by atoms with Crippen molar-refractivity contribution >= 4 is 17.9 Å². The number of carbonyl (C=O) groups excluding carboxylic acids is 1. The van der Waals surface area contributed by atoms with Crippen LogP contribution in [-0.4, -0.2) is 35.9 Å². The van der Waals surface area contributed by atoms with E-state index in [4.69, 9.17) is 11.6 Å². The number of nitrogens with zero attached hydrogens (tertiary/aromatic N) is 1. The van der Waals surface area contributed by atoms with Crippen molar-refractivity contribution in [2.24, 2.45) is 0 Å². The van der Waals surface area contributed by atoms with Gasteiger partial charge in [0, 0.05) is 24.1 Å². The van der Waals surface area contributed by atoms with E-state index in [2.05, 4.69) is 18.0 Å². The molecule has 2 atom stereocenters. The molecule has 1 aliphatic carbocycles. The van der Waals surface area contributed by atoms with Gasteiger partial charge in [-0.3, -0.25) is 4.79 Å². The van der Waals surface area contributed by atoms with Gasteiger partial charge in [0.2, 0.25) is 0 Å². The second-order valence-electron chi connectivity index (χ2n) is 6.89. The second-order valence-corrected chi connectivity index (χ2v) is 7.30. The van der Waals surface area contributed by atoms with Crippen molar-refractivity contribution in [2.75, 3.05) is 13.6 Å². The van der Waals surface area contributed by atoms with E-state index in [9.17, 15) is 9.90 Å². The number of aryl methyl sites for hydroxylation is 1. The number of halogens is 1. The van der Waals surface area contributed by atoms with Gasteiger partial charge in [-0.1, -0.05) is 23.7 Å². The molecule has 1 unspecified atom stereocenters. The molecule has 2 aromatic carbocycles. The van der Waals surface area contributed by atoms with Crippen LogP contribution in [0.3, 0.4) is 0 Å². The highest BCUT2D eigenvalue weighted by molar-refractivity contribution is 6.32. The summed E-state index contributed by atoms with van der Waals surface area (Å²) in [5.41, 5.74) is 5.57. The van der Waals surface area contributed by atoms with E-state index >= 15 is 0 Å². The molecule has 2 aromatic rings. The zero-order chi connectivity index (χ0) is 16.8. The first kappa shape index (κ1) is 15.7. The summed E-state index contributed by atoms with van der Waals surface area (Å²) in [6, 6.07) is 10.1. The Morgan fingerprint density at radius 3 is 2.75 bits per heavy atom. The Morgan fingerprint density at radius 2 is 1.96 bits per heavy atom. The van der Waals surface area contributed by atoms with Crippen molar-refractivity contribution in [3.63, 3.8) is 0 Å². The average Bonchev–Trinajstić information content (AvgIpc) is 2.73. The van der Waals surface area contributed by atoms with Crippen LogP contribution in [0.25, 0.3) is 0 Å². The number of fused-ring (bicyclic) bond motifs is 5. The van der Waals surface area contributed by atoms with E-state index in [-0.39, 0.29) is 11.7 Å². The van der Waals surface area contributed by atoms with Crippen LogP contribution in [0.2, 0.25) is 5.02 Å². The van der Waals surface area contributed by atoms with Crippen LogP contribution in [0.1, 0.15) is 45.0 Å². The highest BCUT2D eigenvalue weighted by Gasteiger charge is 2.36. The smallest absolute Gasteiger partial charge is 0.150 e. The van der Waals surface area contributed by atoms with E-state index in [0.29, 0.717) is 16.6 Å².